The van der Waals surface area contributed by atoms with Gasteiger partial charge in [-0.15, -0.1) is 10.2 Å². The molecule has 2 amide bonds. The average Bonchev–Trinajstić information content (AvgIpc) is 3.74. The van der Waals surface area contributed by atoms with Crippen molar-refractivity contribution in [3.63, 3.8) is 0 Å². The van der Waals surface area contributed by atoms with Crippen molar-refractivity contribution in [2.24, 2.45) is 24.8 Å². The van der Waals surface area contributed by atoms with E-state index in [4.69, 9.17) is 0 Å². The summed E-state index contributed by atoms with van der Waals surface area (Å²) in [4.78, 5) is 31.8. The molecule has 1 aromatic heterocycles. The standard InChI is InChI=1S/C36H39F3N6O2/c1-5-7-32(46)43-11-10-24-17-44(19-26(24)18-43)23(3)25-12-29-30(31(13-25)36(37,38)39)20-45(33(29)47)28-9-6-8-27(14-28)35(15-22(2)16-35)34-41-40-21-42(34)4/h6,8-9,12-14,21-24,26H,10-11,15-20H2,1-4H3/t22?,23-,24?,26?,35?/m0/s1. The van der Waals surface area contributed by atoms with Gasteiger partial charge in [0.05, 0.1) is 17.5 Å². The Hall–Kier alpha value is -4.17. The van der Waals surface area contributed by atoms with Crippen LogP contribution in [0.2, 0.25) is 0 Å². The Kier molecular flexibility index (Phi) is 7.70. The van der Waals surface area contributed by atoms with Gasteiger partial charge in [0, 0.05) is 50.5 Å². The minimum atomic E-state index is -4.62. The molecule has 3 aliphatic heterocycles. The number of aryl methyl sites for hydroxylation is 1. The van der Waals surface area contributed by atoms with Gasteiger partial charge in [-0.3, -0.25) is 14.5 Å². The van der Waals surface area contributed by atoms with Gasteiger partial charge in [0.2, 0.25) is 0 Å². The molecule has 0 bridgehead atoms. The minimum Gasteiger partial charge on any atom is -0.332 e. The summed E-state index contributed by atoms with van der Waals surface area (Å²) in [5, 5.41) is 8.51. The van der Waals surface area contributed by atoms with Gasteiger partial charge in [-0.2, -0.15) is 13.2 Å². The summed E-state index contributed by atoms with van der Waals surface area (Å²) in [7, 11) is 1.91. The van der Waals surface area contributed by atoms with E-state index in [-0.39, 0.29) is 41.0 Å². The molecule has 3 aromatic rings. The van der Waals surface area contributed by atoms with Crippen LogP contribution < -0.4 is 4.90 Å². The first-order valence-electron chi connectivity index (χ1n) is 16.4. The molecule has 7 rings (SSSR count). The maximum absolute atomic E-state index is 14.6. The van der Waals surface area contributed by atoms with Crippen LogP contribution in [0.25, 0.3) is 0 Å². The molecule has 3 atom stereocenters. The predicted molar refractivity (Wildman–Crippen MR) is 170 cm³/mol. The van der Waals surface area contributed by atoms with Crippen LogP contribution in [-0.4, -0.2) is 62.6 Å². The van der Waals surface area contributed by atoms with E-state index in [0.717, 1.165) is 37.2 Å². The molecule has 0 N–H and O–H groups in total. The van der Waals surface area contributed by atoms with Crippen LogP contribution in [0.15, 0.2) is 42.7 Å². The third-order valence-corrected chi connectivity index (χ3v) is 11.0. The first-order valence-corrected chi connectivity index (χ1v) is 16.4. The van der Waals surface area contributed by atoms with Gasteiger partial charge in [-0.1, -0.05) is 25.0 Å². The van der Waals surface area contributed by atoms with E-state index in [9.17, 15) is 22.8 Å². The number of hydrogen-bond donors (Lipinski definition) is 0. The number of carbonyl (C=O) groups is 2. The molecular formula is C36H39F3N6O2. The fourth-order valence-electron chi connectivity index (χ4n) is 8.60. The third kappa shape index (κ3) is 5.31. The van der Waals surface area contributed by atoms with Crippen molar-refractivity contribution in [3.05, 3.63) is 76.4 Å². The Balaban J connectivity index is 1.17. The van der Waals surface area contributed by atoms with Gasteiger partial charge < -0.3 is 14.4 Å². The number of likely N-dealkylation sites (tertiary alicyclic amines) is 2. The summed E-state index contributed by atoms with van der Waals surface area (Å²) < 4.78 is 45.8. The van der Waals surface area contributed by atoms with Crippen LogP contribution in [-0.2, 0) is 30.0 Å². The Bertz CT molecular complexity index is 1800. The van der Waals surface area contributed by atoms with Crippen LogP contribution in [0, 0.1) is 29.6 Å². The molecule has 1 aliphatic carbocycles. The molecule has 0 radical (unpaired) electrons. The Labute approximate surface area is 272 Å². The SMILES string of the molecule is CC#CC(=O)N1CCC2CN([C@@H](C)c3cc4c(c(C(F)(F)F)c3)CN(c3cccc(C5(c6nncn6C)CC(C)C5)c3)C4=O)CC2C1. The molecule has 1 saturated carbocycles. The summed E-state index contributed by atoms with van der Waals surface area (Å²) in [5.74, 6) is 6.62. The van der Waals surface area contributed by atoms with E-state index >= 15 is 0 Å². The van der Waals surface area contributed by atoms with Crippen molar-refractivity contribution < 1.29 is 22.8 Å². The molecular weight excluding hydrogens is 605 g/mol. The summed E-state index contributed by atoms with van der Waals surface area (Å²) in [6.07, 6.45) is -0.357. The number of benzene rings is 2. The molecule has 246 valence electrons. The second-order valence-electron chi connectivity index (χ2n) is 14.0. The molecule has 11 heteroatoms. The van der Waals surface area contributed by atoms with Crippen LogP contribution in [0.4, 0.5) is 18.9 Å². The van der Waals surface area contributed by atoms with Crippen molar-refractivity contribution in [1.82, 2.24) is 24.6 Å². The molecule has 2 saturated heterocycles. The summed E-state index contributed by atoms with van der Waals surface area (Å²) in [6, 6.07) is 10.2. The van der Waals surface area contributed by atoms with Crippen LogP contribution in [0.5, 0.6) is 0 Å². The molecule has 2 unspecified atom stereocenters. The van der Waals surface area contributed by atoms with Crippen molar-refractivity contribution in [2.45, 2.75) is 64.2 Å². The first-order chi connectivity index (χ1) is 22.4. The lowest BCUT2D eigenvalue weighted by molar-refractivity contribution is -0.138. The number of rotatable bonds is 5. The highest BCUT2D eigenvalue weighted by atomic mass is 19.4. The molecule has 3 fully saturated rings. The van der Waals surface area contributed by atoms with E-state index in [1.807, 2.05) is 36.7 Å². The number of piperidine rings is 1. The van der Waals surface area contributed by atoms with Gasteiger partial charge in [-0.25, -0.2) is 0 Å². The largest absolute Gasteiger partial charge is 0.416 e. The highest BCUT2D eigenvalue weighted by Crippen LogP contribution is 2.52. The number of alkyl halides is 3. The normalized spacial score (nSPS) is 26.4. The van der Waals surface area contributed by atoms with Gasteiger partial charge >= 0.3 is 6.18 Å². The fraction of sp³-hybridized carbons (Fsp3) is 0.500. The van der Waals surface area contributed by atoms with Crippen LogP contribution >= 0.6 is 0 Å². The maximum atomic E-state index is 14.6. The number of nitrogens with zero attached hydrogens (tertiary/aromatic N) is 6. The van der Waals surface area contributed by atoms with E-state index in [2.05, 4.69) is 33.9 Å². The quantitative estimate of drug-likeness (QED) is 0.340. The maximum Gasteiger partial charge on any atom is 0.416 e. The van der Waals surface area contributed by atoms with E-state index in [1.165, 1.54) is 11.0 Å². The molecule has 4 aliphatic rings. The minimum absolute atomic E-state index is 0.0189. The lowest BCUT2D eigenvalue weighted by Crippen LogP contribution is -2.43. The van der Waals surface area contributed by atoms with Crippen LogP contribution in [0.3, 0.4) is 0 Å². The number of amides is 2. The van der Waals surface area contributed by atoms with Gasteiger partial charge in [0.15, 0.2) is 0 Å². The number of halogens is 3. The fourth-order valence-corrected chi connectivity index (χ4v) is 8.60. The molecule has 0 spiro atoms. The predicted octanol–water partition coefficient (Wildman–Crippen LogP) is 5.57. The molecule has 47 heavy (non-hydrogen) atoms. The van der Waals surface area contributed by atoms with Gasteiger partial charge in [-0.05, 0) is 97.7 Å². The van der Waals surface area contributed by atoms with Gasteiger partial charge in [0.1, 0.15) is 12.2 Å². The second-order valence-corrected chi connectivity index (χ2v) is 14.0. The second kappa shape index (κ2) is 11.5. The van der Waals surface area contributed by atoms with E-state index < -0.39 is 17.6 Å². The highest BCUT2D eigenvalue weighted by molar-refractivity contribution is 6.10. The van der Waals surface area contributed by atoms with Crippen molar-refractivity contribution >= 4 is 17.5 Å². The smallest absolute Gasteiger partial charge is 0.332 e. The molecule has 2 aromatic carbocycles. The first kappa shape index (κ1) is 31.4. The van der Waals surface area contributed by atoms with Crippen molar-refractivity contribution in [2.75, 3.05) is 31.1 Å². The third-order valence-electron chi connectivity index (χ3n) is 11.0. The van der Waals surface area contributed by atoms with E-state index in [1.54, 1.807) is 30.3 Å². The van der Waals surface area contributed by atoms with Crippen molar-refractivity contribution in [3.8, 4) is 11.8 Å². The topological polar surface area (TPSA) is 74.6 Å². The summed E-state index contributed by atoms with van der Waals surface area (Å²) >= 11 is 0. The monoisotopic (exact) mass is 644 g/mol. The number of aromatic nitrogens is 3. The van der Waals surface area contributed by atoms with Crippen molar-refractivity contribution in [1.29, 1.82) is 0 Å². The molecule has 4 heterocycles. The number of hydrogen-bond acceptors (Lipinski definition) is 5. The Morgan fingerprint density at radius 1 is 1.11 bits per heavy atom. The highest BCUT2D eigenvalue weighted by Gasteiger charge is 2.49. The lowest BCUT2D eigenvalue weighted by atomic mass is 9.58. The van der Waals surface area contributed by atoms with Gasteiger partial charge in [0.25, 0.3) is 11.8 Å². The number of carbonyl (C=O) groups excluding carboxylic acids is 2. The Morgan fingerprint density at radius 3 is 2.55 bits per heavy atom. The summed E-state index contributed by atoms with van der Waals surface area (Å²) in [5.41, 5.74) is 1.05. The van der Waals surface area contributed by atoms with Crippen LogP contribution in [0.1, 0.15) is 84.5 Å². The zero-order valence-electron chi connectivity index (χ0n) is 27.1. The average molecular weight is 645 g/mol. The summed E-state index contributed by atoms with van der Waals surface area (Å²) in [6.45, 7) is 8.25. The zero-order chi connectivity index (χ0) is 33.2. The molecule has 8 nitrogen and oxygen atoms in total. The number of fused-ring (bicyclic) bond motifs is 2. The Morgan fingerprint density at radius 2 is 1.87 bits per heavy atom. The lowest BCUT2D eigenvalue weighted by Gasteiger charge is -2.46. The van der Waals surface area contributed by atoms with E-state index in [0.29, 0.717) is 42.7 Å². The zero-order valence-corrected chi connectivity index (χ0v) is 27.1. The number of anilines is 1.